The van der Waals surface area contributed by atoms with E-state index < -0.39 is 0 Å². The minimum atomic E-state index is -0.209. The molecular weight excluding hydrogens is 350 g/mol. The SMILES string of the molecule is Cc1cccc(NC(=O)NC[C@@H](c2ccco2)N2CCc3ccccc3C2)c1. The van der Waals surface area contributed by atoms with Gasteiger partial charge in [0.1, 0.15) is 5.76 Å². The number of rotatable bonds is 5. The number of aryl methyl sites for hydroxylation is 1. The van der Waals surface area contributed by atoms with Gasteiger partial charge in [-0.15, -0.1) is 0 Å². The van der Waals surface area contributed by atoms with E-state index in [1.165, 1.54) is 11.1 Å². The fraction of sp³-hybridized carbons (Fsp3) is 0.261. The van der Waals surface area contributed by atoms with E-state index >= 15 is 0 Å². The summed E-state index contributed by atoms with van der Waals surface area (Å²) >= 11 is 0. The van der Waals surface area contributed by atoms with Gasteiger partial charge < -0.3 is 15.1 Å². The maximum absolute atomic E-state index is 12.4. The van der Waals surface area contributed by atoms with Crippen LogP contribution in [0.3, 0.4) is 0 Å². The fourth-order valence-electron chi connectivity index (χ4n) is 3.76. The number of furan rings is 1. The Morgan fingerprint density at radius 2 is 1.96 bits per heavy atom. The smallest absolute Gasteiger partial charge is 0.319 e. The van der Waals surface area contributed by atoms with Gasteiger partial charge in [-0.1, -0.05) is 36.4 Å². The van der Waals surface area contributed by atoms with E-state index in [0.717, 1.165) is 36.5 Å². The molecule has 28 heavy (non-hydrogen) atoms. The second-order valence-corrected chi connectivity index (χ2v) is 7.22. The van der Waals surface area contributed by atoms with E-state index in [9.17, 15) is 4.79 Å². The van der Waals surface area contributed by atoms with Crippen LogP contribution in [0.4, 0.5) is 10.5 Å². The molecule has 3 aromatic rings. The zero-order valence-electron chi connectivity index (χ0n) is 16.0. The van der Waals surface area contributed by atoms with Crippen molar-refractivity contribution < 1.29 is 9.21 Å². The molecule has 2 aromatic carbocycles. The lowest BCUT2D eigenvalue weighted by molar-refractivity contribution is 0.156. The summed E-state index contributed by atoms with van der Waals surface area (Å²) in [5, 5.41) is 5.91. The third kappa shape index (κ3) is 4.26. The Labute approximate surface area is 165 Å². The zero-order valence-corrected chi connectivity index (χ0v) is 16.0. The normalized spacial score (nSPS) is 14.9. The van der Waals surface area contributed by atoms with E-state index in [-0.39, 0.29) is 12.1 Å². The van der Waals surface area contributed by atoms with Crippen LogP contribution in [0.5, 0.6) is 0 Å². The van der Waals surface area contributed by atoms with Crippen molar-refractivity contribution in [3.05, 3.63) is 89.4 Å². The number of urea groups is 1. The van der Waals surface area contributed by atoms with Crippen molar-refractivity contribution in [1.82, 2.24) is 10.2 Å². The highest BCUT2D eigenvalue weighted by atomic mass is 16.3. The Morgan fingerprint density at radius 3 is 2.75 bits per heavy atom. The predicted octanol–water partition coefficient (Wildman–Crippen LogP) is 4.51. The maximum Gasteiger partial charge on any atom is 0.319 e. The second kappa shape index (κ2) is 8.31. The first-order valence-electron chi connectivity index (χ1n) is 9.65. The third-order valence-electron chi connectivity index (χ3n) is 5.20. The molecule has 0 spiro atoms. The van der Waals surface area contributed by atoms with Crippen molar-refractivity contribution in [2.24, 2.45) is 0 Å². The lowest BCUT2D eigenvalue weighted by Gasteiger charge is -2.34. The highest BCUT2D eigenvalue weighted by Gasteiger charge is 2.27. The number of hydrogen-bond acceptors (Lipinski definition) is 3. The maximum atomic E-state index is 12.4. The number of carbonyl (C=O) groups excluding carboxylic acids is 1. The summed E-state index contributed by atoms with van der Waals surface area (Å²) in [7, 11) is 0. The van der Waals surface area contributed by atoms with Gasteiger partial charge in [-0.25, -0.2) is 4.79 Å². The lowest BCUT2D eigenvalue weighted by atomic mass is 9.98. The average Bonchev–Trinajstić information content (AvgIpc) is 3.22. The number of anilines is 1. The van der Waals surface area contributed by atoms with Crippen LogP contribution in [0.1, 0.15) is 28.5 Å². The minimum absolute atomic E-state index is 0.00776. The summed E-state index contributed by atoms with van der Waals surface area (Å²) in [6, 6.07) is 20.0. The molecule has 5 heteroatoms. The molecule has 0 bridgehead atoms. The molecule has 0 fully saturated rings. The molecule has 0 saturated carbocycles. The van der Waals surface area contributed by atoms with Crippen LogP contribution in [0.15, 0.2) is 71.3 Å². The van der Waals surface area contributed by atoms with Gasteiger partial charge in [0.15, 0.2) is 0 Å². The number of hydrogen-bond donors (Lipinski definition) is 2. The Bertz CT molecular complexity index is 937. The van der Waals surface area contributed by atoms with Crippen LogP contribution in [0, 0.1) is 6.92 Å². The van der Waals surface area contributed by atoms with Crippen LogP contribution in [-0.2, 0) is 13.0 Å². The van der Waals surface area contributed by atoms with E-state index in [1.54, 1.807) is 6.26 Å². The Morgan fingerprint density at radius 1 is 1.11 bits per heavy atom. The minimum Gasteiger partial charge on any atom is -0.468 e. The highest BCUT2D eigenvalue weighted by Crippen LogP contribution is 2.27. The van der Waals surface area contributed by atoms with Gasteiger partial charge in [0.25, 0.3) is 0 Å². The first-order chi connectivity index (χ1) is 13.7. The van der Waals surface area contributed by atoms with E-state index in [0.29, 0.717) is 6.54 Å². The molecule has 144 valence electrons. The third-order valence-corrected chi connectivity index (χ3v) is 5.20. The summed E-state index contributed by atoms with van der Waals surface area (Å²) in [5.74, 6) is 0.871. The Kier molecular flexibility index (Phi) is 5.44. The summed E-state index contributed by atoms with van der Waals surface area (Å²) in [6.45, 7) is 4.27. The number of amides is 2. The predicted molar refractivity (Wildman–Crippen MR) is 110 cm³/mol. The first-order valence-corrected chi connectivity index (χ1v) is 9.65. The van der Waals surface area contributed by atoms with Crippen LogP contribution in [0.25, 0.3) is 0 Å². The molecule has 1 aromatic heterocycles. The van der Waals surface area contributed by atoms with Crippen molar-refractivity contribution in [1.29, 1.82) is 0 Å². The van der Waals surface area contributed by atoms with E-state index in [4.69, 9.17) is 4.42 Å². The summed E-state index contributed by atoms with van der Waals surface area (Å²) < 4.78 is 5.69. The molecule has 2 heterocycles. The molecule has 1 aliphatic heterocycles. The van der Waals surface area contributed by atoms with Crippen molar-refractivity contribution in [3.8, 4) is 0 Å². The topological polar surface area (TPSA) is 57.5 Å². The van der Waals surface area contributed by atoms with E-state index in [2.05, 4.69) is 39.8 Å². The fourth-order valence-corrected chi connectivity index (χ4v) is 3.76. The van der Waals surface area contributed by atoms with Crippen molar-refractivity contribution in [2.75, 3.05) is 18.4 Å². The number of nitrogens with zero attached hydrogens (tertiary/aromatic N) is 1. The summed E-state index contributed by atoms with van der Waals surface area (Å²) in [6.07, 6.45) is 2.69. The number of nitrogens with one attached hydrogen (secondary N) is 2. The molecule has 2 amide bonds. The largest absolute Gasteiger partial charge is 0.468 e. The number of carbonyl (C=O) groups is 1. The van der Waals surface area contributed by atoms with Crippen molar-refractivity contribution in [2.45, 2.75) is 25.9 Å². The van der Waals surface area contributed by atoms with Crippen molar-refractivity contribution >= 4 is 11.7 Å². The number of fused-ring (bicyclic) bond motifs is 1. The molecule has 0 radical (unpaired) electrons. The van der Waals surface area contributed by atoms with Crippen LogP contribution < -0.4 is 10.6 Å². The van der Waals surface area contributed by atoms with E-state index in [1.807, 2.05) is 43.3 Å². The first kappa shape index (κ1) is 18.3. The van der Waals surface area contributed by atoms with Crippen LogP contribution in [-0.4, -0.2) is 24.0 Å². The van der Waals surface area contributed by atoms with Gasteiger partial charge in [0.2, 0.25) is 0 Å². The average molecular weight is 375 g/mol. The molecular formula is C23H25N3O2. The Balaban J connectivity index is 1.43. The standard InChI is InChI=1S/C23H25N3O2/c1-17-6-4-9-20(14-17)25-23(27)24-15-21(22-10-5-13-28-22)26-12-11-18-7-2-3-8-19(18)16-26/h2-10,13-14,21H,11-12,15-16H2,1H3,(H2,24,25,27)/t21-/m0/s1. The molecule has 0 aliphatic carbocycles. The van der Waals surface area contributed by atoms with Gasteiger partial charge in [-0.2, -0.15) is 0 Å². The van der Waals surface area contributed by atoms with Gasteiger partial charge in [0.05, 0.1) is 12.3 Å². The van der Waals surface area contributed by atoms with Gasteiger partial charge in [0, 0.05) is 25.3 Å². The molecule has 2 N–H and O–H groups in total. The molecule has 0 saturated heterocycles. The monoisotopic (exact) mass is 375 g/mol. The molecule has 1 aliphatic rings. The molecule has 1 atom stereocenters. The summed E-state index contributed by atoms with van der Waals surface area (Å²) in [5.41, 5.74) is 4.65. The van der Waals surface area contributed by atoms with Gasteiger partial charge >= 0.3 is 6.03 Å². The quantitative estimate of drug-likeness (QED) is 0.690. The molecule has 5 nitrogen and oxygen atoms in total. The Hall–Kier alpha value is -3.05. The second-order valence-electron chi connectivity index (χ2n) is 7.22. The molecule has 0 unspecified atom stereocenters. The van der Waals surface area contributed by atoms with Crippen LogP contribution in [0.2, 0.25) is 0 Å². The van der Waals surface area contributed by atoms with Gasteiger partial charge in [-0.3, -0.25) is 4.90 Å². The van der Waals surface area contributed by atoms with Gasteiger partial charge in [-0.05, 0) is 54.3 Å². The highest BCUT2D eigenvalue weighted by molar-refractivity contribution is 5.89. The molecule has 4 rings (SSSR count). The summed E-state index contributed by atoms with van der Waals surface area (Å²) in [4.78, 5) is 14.8. The lowest BCUT2D eigenvalue weighted by Crippen LogP contribution is -2.41. The van der Waals surface area contributed by atoms with Crippen LogP contribution >= 0.6 is 0 Å². The zero-order chi connectivity index (χ0) is 19.3. The van der Waals surface area contributed by atoms with Crippen molar-refractivity contribution in [3.63, 3.8) is 0 Å². The number of benzene rings is 2.